The number of hydrogen-bond donors (Lipinski definition) is 2. The van der Waals surface area contributed by atoms with Crippen LogP contribution in [0.25, 0.3) is 5.65 Å². The van der Waals surface area contributed by atoms with E-state index in [0.29, 0.717) is 22.8 Å². The first-order valence-electron chi connectivity index (χ1n) is 9.85. The van der Waals surface area contributed by atoms with Gasteiger partial charge in [-0.2, -0.15) is 0 Å². The van der Waals surface area contributed by atoms with E-state index in [1.165, 1.54) is 17.7 Å². The summed E-state index contributed by atoms with van der Waals surface area (Å²) in [7, 11) is 1.50. The van der Waals surface area contributed by atoms with Gasteiger partial charge in [-0.15, -0.1) is 5.10 Å². The Morgan fingerprint density at radius 3 is 2.50 bits per heavy atom. The summed E-state index contributed by atoms with van der Waals surface area (Å²) in [5.41, 5.74) is 2.31. The quantitative estimate of drug-likeness (QED) is 0.488. The van der Waals surface area contributed by atoms with Crippen LogP contribution in [0.3, 0.4) is 0 Å². The van der Waals surface area contributed by atoms with Crippen molar-refractivity contribution in [3.05, 3.63) is 88.5 Å². The van der Waals surface area contributed by atoms with Gasteiger partial charge in [0.25, 0.3) is 5.91 Å². The summed E-state index contributed by atoms with van der Waals surface area (Å²) in [6, 6.07) is 17.5. The summed E-state index contributed by atoms with van der Waals surface area (Å²) in [5, 5.41) is 9.67. The third kappa shape index (κ3) is 4.36. The van der Waals surface area contributed by atoms with Crippen LogP contribution in [0.1, 0.15) is 15.9 Å². The number of ether oxygens (including phenoxy) is 1. The number of nitrogens with one attached hydrogen (secondary N) is 2. The molecule has 2 aromatic carbocycles. The minimum atomic E-state index is -0.528. The molecule has 0 atom stereocenters. The van der Waals surface area contributed by atoms with Crippen LogP contribution >= 0.6 is 0 Å². The second kappa shape index (κ2) is 8.76. The lowest BCUT2D eigenvalue weighted by Crippen LogP contribution is -2.28. The van der Waals surface area contributed by atoms with E-state index in [2.05, 4.69) is 15.7 Å². The number of hydrogen-bond acceptors (Lipinski definition) is 5. The fraction of sp³-hybridized carbons (Fsp3) is 0.130. The fourth-order valence-corrected chi connectivity index (χ4v) is 3.17. The molecule has 9 heteroatoms. The molecule has 0 fully saturated rings. The maximum absolute atomic E-state index is 12.7. The second-order valence-corrected chi connectivity index (χ2v) is 7.15. The number of nitrogens with zero attached hydrogens (tertiary/aromatic N) is 3. The number of aromatic nitrogens is 3. The molecule has 0 bridgehead atoms. The highest BCUT2D eigenvalue weighted by atomic mass is 16.5. The van der Waals surface area contributed by atoms with Crippen LogP contribution in [0.4, 0.5) is 11.4 Å². The summed E-state index contributed by atoms with van der Waals surface area (Å²) in [5.74, 6) is -0.283. The van der Waals surface area contributed by atoms with Crippen LogP contribution in [-0.4, -0.2) is 33.1 Å². The Bertz CT molecular complexity index is 1360. The van der Waals surface area contributed by atoms with Gasteiger partial charge in [-0.1, -0.05) is 29.8 Å². The number of amides is 2. The van der Waals surface area contributed by atoms with Crippen LogP contribution in [0.15, 0.2) is 71.7 Å². The zero-order valence-corrected chi connectivity index (χ0v) is 17.5. The SMILES string of the molecule is COc1ccccc1NC(=O)Cn1nc2ccc(C(=O)Nc3ccc(C)cc3)cn2c1=O. The van der Waals surface area contributed by atoms with Gasteiger partial charge in [0.2, 0.25) is 5.91 Å². The zero-order chi connectivity index (χ0) is 22.7. The van der Waals surface area contributed by atoms with Crippen LogP contribution in [-0.2, 0) is 11.3 Å². The monoisotopic (exact) mass is 431 g/mol. The average molecular weight is 431 g/mol. The Morgan fingerprint density at radius 1 is 1.00 bits per heavy atom. The normalized spacial score (nSPS) is 10.7. The number of anilines is 2. The van der Waals surface area contributed by atoms with Crippen molar-refractivity contribution in [3.63, 3.8) is 0 Å². The van der Waals surface area contributed by atoms with Gasteiger partial charge in [0, 0.05) is 11.9 Å². The molecule has 0 radical (unpaired) electrons. The van der Waals surface area contributed by atoms with Crippen molar-refractivity contribution in [3.8, 4) is 5.75 Å². The lowest BCUT2D eigenvalue weighted by Gasteiger charge is -2.09. The van der Waals surface area contributed by atoms with Gasteiger partial charge in [-0.25, -0.2) is 13.9 Å². The Labute approximate surface area is 183 Å². The number of aryl methyl sites for hydroxylation is 1. The minimum absolute atomic E-state index is 0.288. The molecule has 2 heterocycles. The number of para-hydroxylation sites is 2. The molecule has 4 rings (SSSR count). The molecule has 0 aliphatic carbocycles. The summed E-state index contributed by atoms with van der Waals surface area (Å²) < 4.78 is 7.49. The van der Waals surface area contributed by atoms with Gasteiger partial charge >= 0.3 is 5.69 Å². The Kier molecular flexibility index (Phi) is 5.71. The lowest BCUT2D eigenvalue weighted by atomic mass is 10.2. The predicted octanol–water partition coefficient (Wildman–Crippen LogP) is 2.70. The third-order valence-electron chi connectivity index (χ3n) is 4.82. The van der Waals surface area contributed by atoms with Crippen LogP contribution in [0, 0.1) is 6.92 Å². The molecule has 162 valence electrons. The van der Waals surface area contributed by atoms with Crippen molar-refractivity contribution < 1.29 is 14.3 Å². The van der Waals surface area contributed by atoms with Crippen LogP contribution < -0.4 is 21.1 Å². The van der Waals surface area contributed by atoms with Gasteiger partial charge in [0.05, 0.1) is 18.4 Å². The largest absolute Gasteiger partial charge is 0.495 e. The van der Waals surface area contributed by atoms with E-state index in [1.54, 1.807) is 48.5 Å². The standard InChI is InChI=1S/C23H21N5O4/c1-15-7-10-17(11-8-15)24-22(30)16-9-12-20-26-28(23(31)27(20)13-16)14-21(29)25-18-5-3-4-6-19(18)32-2/h3-13H,14H2,1-2H3,(H,24,30)(H,25,29). The van der Waals surface area contributed by atoms with Crippen molar-refractivity contribution in [2.24, 2.45) is 0 Å². The predicted molar refractivity (Wildman–Crippen MR) is 120 cm³/mol. The van der Waals surface area contributed by atoms with Gasteiger partial charge in [0.1, 0.15) is 12.3 Å². The van der Waals surface area contributed by atoms with E-state index in [9.17, 15) is 14.4 Å². The molecule has 32 heavy (non-hydrogen) atoms. The molecule has 2 N–H and O–H groups in total. The topological polar surface area (TPSA) is 107 Å². The molecule has 0 aliphatic heterocycles. The maximum atomic E-state index is 12.7. The van der Waals surface area contributed by atoms with Gasteiger partial charge in [-0.3, -0.25) is 9.59 Å². The molecule has 9 nitrogen and oxygen atoms in total. The number of benzene rings is 2. The molecular formula is C23H21N5O4. The van der Waals surface area contributed by atoms with E-state index in [-0.39, 0.29) is 18.0 Å². The fourth-order valence-electron chi connectivity index (χ4n) is 3.17. The molecule has 0 aliphatic rings. The number of carbonyl (C=O) groups excluding carboxylic acids is 2. The van der Waals surface area contributed by atoms with E-state index >= 15 is 0 Å². The highest BCUT2D eigenvalue weighted by Crippen LogP contribution is 2.22. The average Bonchev–Trinajstić information content (AvgIpc) is 3.10. The van der Waals surface area contributed by atoms with Crippen molar-refractivity contribution >= 4 is 28.8 Å². The molecule has 0 saturated carbocycles. The highest BCUT2D eigenvalue weighted by Gasteiger charge is 2.14. The lowest BCUT2D eigenvalue weighted by molar-refractivity contribution is -0.117. The van der Waals surface area contributed by atoms with Gasteiger partial charge < -0.3 is 15.4 Å². The van der Waals surface area contributed by atoms with E-state index < -0.39 is 11.6 Å². The van der Waals surface area contributed by atoms with Crippen LogP contribution in [0.2, 0.25) is 0 Å². The number of methoxy groups -OCH3 is 1. The van der Waals surface area contributed by atoms with E-state index in [4.69, 9.17) is 4.74 Å². The maximum Gasteiger partial charge on any atom is 0.350 e. The van der Waals surface area contributed by atoms with Crippen molar-refractivity contribution in [1.82, 2.24) is 14.2 Å². The van der Waals surface area contributed by atoms with Gasteiger partial charge in [0.15, 0.2) is 5.65 Å². The number of carbonyl (C=O) groups is 2. The summed E-state index contributed by atoms with van der Waals surface area (Å²) in [4.78, 5) is 37.8. The Balaban J connectivity index is 1.52. The van der Waals surface area contributed by atoms with Gasteiger partial charge in [-0.05, 0) is 43.3 Å². The van der Waals surface area contributed by atoms with E-state index in [0.717, 1.165) is 10.2 Å². The molecule has 2 aromatic heterocycles. The molecular weight excluding hydrogens is 410 g/mol. The molecule has 2 amide bonds. The smallest absolute Gasteiger partial charge is 0.350 e. The molecule has 0 unspecified atom stereocenters. The number of rotatable bonds is 6. The summed E-state index contributed by atoms with van der Waals surface area (Å²) in [6.45, 7) is 1.67. The molecule has 0 saturated heterocycles. The number of pyridine rings is 1. The highest BCUT2D eigenvalue weighted by molar-refractivity contribution is 6.04. The van der Waals surface area contributed by atoms with Crippen LogP contribution in [0.5, 0.6) is 5.75 Å². The first-order chi connectivity index (χ1) is 15.4. The Morgan fingerprint density at radius 2 is 1.75 bits per heavy atom. The Hall–Kier alpha value is -4.40. The minimum Gasteiger partial charge on any atom is -0.495 e. The first-order valence-corrected chi connectivity index (χ1v) is 9.85. The first kappa shape index (κ1) is 20.9. The molecule has 4 aromatic rings. The van der Waals surface area contributed by atoms with Crippen molar-refractivity contribution in [1.29, 1.82) is 0 Å². The summed E-state index contributed by atoms with van der Waals surface area (Å²) >= 11 is 0. The van der Waals surface area contributed by atoms with Crippen molar-refractivity contribution in [2.75, 3.05) is 17.7 Å². The number of fused-ring (bicyclic) bond motifs is 1. The molecule has 0 spiro atoms. The van der Waals surface area contributed by atoms with Crippen molar-refractivity contribution in [2.45, 2.75) is 13.5 Å². The summed E-state index contributed by atoms with van der Waals surface area (Å²) in [6.07, 6.45) is 1.41. The zero-order valence-electron chi connectivity index (χ0n) is 17.5. The second-order valence-electron chi connectivity index (χ2n) is 7.15. The van der Waals surface area contributed by atoms with E-state index in [1.807, 2.05) is 19.1 Å². The third-order valence-corrected chi connectivity index (χ3v) is 4.82.